The maximum Gasteiger partial charge on any atom is 0.127 e. The summed E-state index contributed by atoms with van der Waals surface area (Å²) in [7, 11) is 1.73. The first-order chi connectivity index (χ1) is 8.81. The first-order valence-electron chi connectivity index (χ1n) is 6.11. The summed E-state index contributed by atoms with van der Waals surface area (Å²) in [6.45, 7) is 1.50. The summed E-state index contributed by atoms with van der Waals surface area (Å²) < 4.78 is 11.1. The molecule has 1 aliphatic heterocycles. The van der Waals surface area contributed by atoms with Gasteiger partial charge in [0.05, 0.1) is 25.2 Å². The van der Waals surface area contributed by atoms with Gasteiger partial charge in [-0.05, 0) is 29.0 Å². The van der Waals surface area contributed by atoms with Crippen LogP contribution in [0.5, 0.6) is 5.75 Å². The van der Waals surface area contributed by atoms with Gasteiger partial charge in [0.25, 0.3) is 0 Å². The lowest BCUT2D eigenvalue weighted by Crippen LogP contribution is -2.00. The quantitative estimate of drug-likeness (QED) is 0.745. The number of methoxy groups -OCH3 is 1. The normalized spacial score (nSPS) is 19.3. The van der Waals surface area contributed by atoms with Crippen molar-refractivity contribution in [3.8, 4) is 5.75 Å². The molecule has 0 saturated heterocycles. The summed E-state index contributed by atoms with van der Waals surface area (Å²) in [5.41, 5.74) is 2.67. The largest absolute Gasteiger partial charge is 0.496 e. The van der Waals surface area contributed by atoms with Gasteiger partial charge in [-0.25, -0.2) is 0 Å². The SMILES string of the molecule is COc1cc2c(c3ccccc13)CCOCC2Br. The second-order valence-corrected chi connectivity index (χ2v) is 5.59. The van der Waals surface area contributed by atoms with Crippen molar-refractivity contribution in [3.05, 3.63) is 41.5 Å². The average molecular weight is 307 g/mol. The highest BCUT2D eigenvalue weighted by Gasteiger charge is 2.20. The monoisotopic (exact) mass is 306 g/mol. The Morgan fingerprint density at radius 3 is 2.83 bits per heavy atom. The number of fused-ring (bicyclic) bond motifs is 3. The summed E-state index contributed by atoms with van der Waals surface area (Å²) >= 11 is 3.71. The van der Waals surface area contributed by atoms with E-state index in [0.717, 1.165) is 18.8 Å². The number of rotatable bonds is 1. The highest BCUT2D eigenvalue weighted by Crippen LogP contribution is 2.38. The minimum absolute atomic E-state index is 0.244. The van der Waals surface area contributed by atoms with Crippen LogP contribution in [0.15, 0.2) is 30.3 Å². The fraction of sp³-hybridized carbons (Fsp3) is 0.333. The molecule has 0 fully saturated rings. The van der Waals surface area contributed by atoms with E-state index in [2.05, 4.69) is 46.3 Å². The molecular formula is C15H15BrO2. The highest BCUT2D eigenvalue weighted by atomic mass is 79.9. The Hall–Kier alpha value is -1.06. The van der Waals surface area contributed by atoms with Crippen LogP contribution in [0.2, 0.25) is 0 Å². The molecule has 94 valence electrons. The van der Waals surface area contributed by atoms with Crippen molar-refractivity contribution in [2.45, 2.75) is 11.2 Å². The summed E-state index contributed by atoms with van der Waals surface area (Å²) in [5.74, 6) is 0.940. The maximum absolute atomic E-state index is 5.62. The summed E-state index contributed by atoms with van der Waals surface area (Å²) in [6, 6.07) is 10.6. The van der Waals surface area contributed by atoms with E-state index in [4.69, 9.17) is 9.47 Å². The standard InChI is InChI=1S/C15H15BrO2/c1-17-15-8-13-11(6-7-18-9-14(13)16)10-4-2-3-5-12(10)15/h2-5,8,14H,6-7,9H2,1H3. The minimum Gasteiger partial charge on any atom is -0.496 e. The third-order valence-electron chi connectivity index (χ3n) is 3.47. The number of ether oxygens (including phenoxy) is 2. The molecule has 2 aromatic rings. The lowest BCUT2D eigenvalue weighted by atomic mass is 9.95. The number of alkyl halides is 1. The van der Waals surface area contributed by atoms with Crippen LogP contribution in [-0.2, 0) is 11.2 Å². The zero-order chi connectivity index (χ0) is 12.5. The van der Waals surface area contributed by atoms with Gasteiger partial charge in [-0.15, -0.1) is 0 Å². The van der Waals surface area contributed by atoms with Crippen molar-refractivity contribution in [2.24, 2.45) is 0 Å². The van der Waals surface area contributed by atoms with E-state index in [1.54, 1.807) is 7.11 Å². The Morgan fingerprint density at radius 2 is 2.06 bits per heavy atom. The van der Waals surface area contributed by atoms with E-state index < -0.39 is 0 Å². The van der Waals surface area contributed by atoms with Crippen LogP contribution in [0.3, 0.4) is 0 Å². The number of hydrogen-bond donors (Lipinski definition) is 0. The van der Waals surface area contributed by atoms with Gasteiger partial charge >= 0.3 is 0 Å². The fourth-order valence-electron chi connectivity index (χ4n) is 2.60. The van der Waals surface area contributed by atoms with Crippen LogP contribution in [0.1, 0.15) is 16.0 Å². The number of halogens is 1. The van der Waals surface area contributed by atoms with Crippen molar-refractivity contribution in [2.75, 3.05) is 20.3 Å². The van der Waals surface area contributed by atoms with Gasteiger partial charge in [0.1, 0.15) is 5.75 Å². The smallest absolute Gasteiger partial charge is 0.127 e. The first kappa shape index (κ1) is 12.0. The molecule has 3 rings (SSSR count). The Morgan fingerprint density at radius 1 is 1.28 bits per heavy atom. The van der Waals surface area contributed by atoms with Gasteiger partial charge in [0.2, 0.25) is 0 Å². The van der Waals surface area contributed by atoms with Crippen LogP contribution in [-0.4, -0.2) is 20.3 Å². The molecule has 1 heterocycles. The molecule has 0 spiro atoms. The average Bonchev–Trinajstić information content (AvgIpc) is 2.60. The third kappa shape index (κ3) is 1.91. The summed E-state index contributed by atoms with van der Waals surface area (Å²) in [4.78, 5) is 0.244. The molecule has 1 unspecified atom stereocenters. The van der Waals surface area contributed by atoms with Crippen LogP contribution in [0.4, 0.5) is 0 Å². The molecule has 0 N–H and O–H groups in total. The number of benzene rings is 2. The predicted octanol–water partition coefficient (Wildman–Crippen LogP) is 3.86. The van der Waals surface area contributed by atoms with E-state index in [1.807, 2.05) is 0 Å². The molecule has 2 nitrogen and oxygen atoms in total. The predicted molar refractivity (Wildman–Crippen MR) is 76.7 cm³/mol. The molecule has 0 amide bonds. The van der Waals surface area contributed by atoms with Crippen LogP contribution in [0, 0.1) is 0 Å². The zero-order valence-corrected chi connectivity index (χ0v) is 11.9. The fourth-order valence-corrected chi connectivity index (χ4v) is 3.20. The lowest BCUT2D eigenvalue weighted by molar-refractivity contribution is 0.146. The van der Waals surface area contributed by atoms with Crippen molar-refractivity contribution in [1.29, 1.82) is 0 Å². The molecule has 1 atom stereocenters. The van der Waals surface area contributed by atoms with Gasteiger partial charge in [-0.3, -0.25) is 0 Å². The van der Waals surface area contributed by atoms with Crippen molar-refractivity contribution in [1.82, 2.24) is 0 Å². The first-order valence-corrected chi connectivity index (χ1v) is 7.03. The second kappa shape index (κ2) is 4.90. The van der Waals surface area contributed by atoms with Gasteiger partial charge in [0, 0.05) is 5.39 Å². The van der Waals surface area contributed by atoms with E-state index in [0.29, 0.717) is 6.61 Å². The van der Waals surface area contributed by atoms with E-state index in [1.165, 1.54) is 21.9 Å². The van der Waals surface area contributed by atoms with Crippen molar-refractivity contribution < 1.29 is 9.47 Å². The van der Waals surface area contributed by atoms with Gasteiger partial charge < -0.3 is 9.47 Å². The topological polar surface area (TPSA) is 18.5 Å². The van der Waals surface area contributed by atoms with Crippen LogP contribution >= 0.6 is 15.9 Å². The zero-order valence-electron chi connectivity index (χ0n) is 10.3. The van der Waals surface area contributed by atoms with E-state index in [9.17, 15) is 0 Å². The Bertz CT molecular complexity index is 580. The molecule has 0 radical (unpaired) electrons. The van der Waals surface area contributed by atoms with E-state index in [-0.39, 0.29) is 4.83 Å². The maximum atomic E-state index is 5.62. The molecule has 3 heteroatoms. The molecule has 2 aromatic carbocycles. The molecule has 0 aromatic heterocycles. The Labute approximate surface area is 115 Å². The Kier molecular flexibility index (Phi) is 3.27. The highest BCUT2D eigenvalue weighted by molar-refractivity contribution is 9.09. The van der Waals surface area contributed by atoms with Gasteiger partial charge in [0.15, 0.2) is 0 Å². The van der Waals surface area contributed by atoms with Gasteiger partial charge in [-0.1, -0.05) is 40.2 Å². The molecule has 18 heavy (non-hydrogen) atoms. The Balaban J connectivity index is 2.33. The number of hydrogen-bond acceptors (Lipinski definition) is 2. The summed E-state index contributed by atoms with van der Waals surface area (Å²) in [6.07, 6.45) is 0.960. The van der Waals surface area contributed by atoms with Gasteiger partial charge in [-0.2, -0.15) is 0 Å². The molecule has 1 aliphatic rings. The summed E-state index contributed by atoms with van der Waals surface area (Å²) in [5, 5.41) is 2.46. The molecule has 0 aliphatic carbocycles. The van der Waals surface area contributed by atoms with Crippen LogP contribution in [0.25, 0.3) is 10.8 Å². The second-order valence-electron chi connectivity index (χ2n) is 4.48. The van der Waals surface area contributed by atoms with Crippen molar-refractivity contribution in [3.63, 3.8) is 0 Å². The third-order valence-corrected chi connectivity index (χ3v) is 4.23. The van der Waals surface area contributed by atoms with Crippen LogP contribution < -0.4 is 4.74 Å². The molecule has 0 saturated carbocycles. The molecular weight excluding hydrogens is 292 g/mol. The molecule has 0 bridgehead atoms. The van der Waals surface area contributed by atoms with E-state index >= 15 is 0 Å². The van der Waals surface area contributed by atoms with Crippen molar-refractivity contribution >= 4 is 26.7 Å². The lowest BCUT2D eigenvalue weighted by Gasteiger charge is -2.16. The minimum atomic E-state index is 0.244.